The second-order valence-electron chi connectivity index (χ2n) is 7.91. The fraction of sp³-hybridized carbons (Fsp3) is 0.458. The van der Waals surface area contributed by atoms with Crippen molar-refractivity contribution in [1.82, 2.24) is 15.3 Å². The molecule has 0 aromatic heterocycles. The summed E-state index contributed by atoms with van der Waals surface area (Å²) in [5, 5.41) is 2.19. The number of hydrogen-bond acceptors (Lipinski definition) is 4. The van der Waals surface area contributed by atoms with Gasteiger partial charge in [0.1, 0.15) is 5.84 Å². The van der Waals surface area contributed by atoms with E-state index in [1.54, 1.807) is 6.92 Å². The Morgan fingerprint density at radius 2 is 2.13 bits per heavy atom. The standard InChI is InChI=1S/C24H33N5O/c1-5-8-22(25-12-6-2)16-29-15-20-11-13-28(19(4)30)17-23(20)24(27-29)26-21-10-7-9-18(3)14-21/h5,7-10,14H,6,11-13,15-17H2,1-4H3,(H,26,27)/b8-5-,25-22?. The Kier molecular flexibility index (Phi) is 7.57. The van der Waals surface area contributed by atoms with Crippen LogP contribution in [0.5, 0.6) is 0 Å². The molecule has 2 aliphatic rings. The number of nitrogens with one attached hydrogen (secondary N) is 1. The van der Waals surface area contributed by atoms with E-state index in [4.69, 9.17) is 9.98 Å². The summed E-state index contributed by atoms with van der Waals surface area (Å²) >= 11 is 0. The van der Waals surface area contributed by atoms with E-state index in [1.165, 1.54) is 11.1 Å². The van der Waals surface area contributed by atoms with Crippen molar-refractivity contribution in [3.8, 4) is 0 Å². The van der Waals surface area contributed by atoms with E-state index < -0.39 is 0 Å². The molecular formula is C24H33N5O. The molecule has 1 aromatic carbocycles. The molecule has 30 heavy (non-hydrogen) atoms. The van der Waals surface area contributed by atoms with Gasteiger partial charge in [-0.15, -0.1) is 0 Å². The minimum absolute atomic E-state index is 0.112. The molecule has 6 nitrogen and oxygen atoms in total. The summed E-state index contributed by atoms with van der Waals surface area (Å²) in [6.45, 7) is 11.6. The number of allylic oxidation sites excluding steroid dienone is 1. The summed E-state index contributed by atoms with van der Waals surface area (Å²) in [6.07, 6.45) is 6.03. The van der Waals surface area contributed by atoms with Gasteiger partial charge >= 0.3 is 0 Å². The van der Waals surface area contributed by atoms with Gasteiger partial charge in [0.25, 0.3) is 0 Å². The summed E-state index contributed by atoms with van der Waals surface area (Å²) in [5.74, 6) is 0.948. The average molecular weight is 408 g/mol. The third-order valence-corrected chi connectivity index (χ3v) is 5.33. The van der Waals surface area contributed by atoms with Crippen LogP contribution < -0.4 is 5.43 Å². The summed E-state index contributed by atoms with van der Waals surface area (Å²) in [4.78, 5) is 23.5. The third-order valence-electron chi connectivity index (χ3n) is 5.33. The summed E-state index contributed by atoms with van der Waals surface area (Å²) in [6, 6.07) is 8.18. The molecule has 1 N–H and O–H groups in total. The van der Waals surface area contributed by atoms with Crippen molar-refractivity contribution < 1.29 is 4.79 Å². The molecule has 2 aliphatic heterocycles. The summed E-state index contributed by atoms with van der Waals surface area (Å²) in [5.41, 5.74) is 9.17. The zero-order chi connectivity index (χ0) is 21.5. The maximum absolute atomic E-state index is 12.0. The third kappa shape index (κ3) is 5.66. The molecule has 2 heterocycles. The lowest BCUT2D eigenvalue weighted by Crippen LogP contribution is -2.53. The average Bonchev–Trinajstić information content (AvgIpc) is 2.72. The van der Waals surface area contributed by atoms with Gasteiger partial charge in [0.15, 0.2) is 0 Å². The van der Waals surface area contributed by atoms with Crippen LogP contribution in [-0.2, 0) is 4.79 Å². The van der Waals surface area contributed by atoms with E-state index in [2.05, 4.69) is 42.5 Å². The Bertz CT molecular complexity index is 897. The van der Waals surface area contributed by atoms with E-state index in [0.717, 1.165) is 55.3 Å². The van der Waals surface area contributed by atoms with E-state index >= 15 is 0 Å². The van der Waals surface area contributed by atoms with Crippen LogP contribution in [0.1, 0.15) is 39.2 Å². The molecule has 0 radical (unpaired) electrons. The van der Waals surface area contributed by atoms with Gasteiger partial charge in [0, 0.05) is 38.7 Å². The van der Waals surface area contributed by atoms with Gasteiger partial charge in [0.2, 0.25) is 5.91 Å². The van der Waals surface area contributed by atoms with Gasteiger partial charge in [-0.3, -0.25) is 9.79 Å². The number of hydrazine groups is 1. The van der Waals surface area contributed by atoms with Crippen molar-refractivity contribution in [2.24, 2.45) is 9.98 Å². The van der Waals surface area contributed by atoms with Crippen molar-refractivity contribution in [2.45, 2.75) is 40.5 Å². The monoisotopic (exact) mass is 407 g/mol. The topological polar surface area (TPSA) is 60.3 Å². The molecule has 3 rings (SSSR count). The maximum atomic E-state index is 12.0. The number of amidine groups is 1. The van der Waals surface area contributed by atoms with Crippen LogP contribution in [0.2, 0.25) is 0 Å². The lowest BCUT2D eigenvalue weighted by atomic mass is 9.97. The summed E-state index contributed by atoms with van der Waals surface area (Å²) in [7, 11) is 0. The lowest BCUT2D eigenvalue weighted by molar-refractivity contribution is -0.128. The highest BCUT2D eigenvalue weighted by molar-refractivity contribution is 6.03. The Balaban J connectivity index is 1.92. The molecule has 0 saturated carbocycles. The van der Waals surface area contributed by atoms with E-state index in [9.17, 15) is 4.79 Å². The minimum atomic E-state index is 0.112. The molecule has 0 spiro atoms. The van der Waals surface area contributed by atoms with Crippen LogP contribution in [0, 0.1) is 6.92 Å². The molecule has 0 fully saturated rings. The number of benzene rings is 1. The van der Waals surface area contributed by atoms with Crippen molar-refractivity contribution >= 4 is 23.1 Å². The Labute approximate surface area is 180 Å². The Morgan fingerprint density at radius 1 is 1.30 bits per heavy atom. The van der Waals surface area contributed by atoms with E-state index in [0.29, 0.717) is 13.1 Å². The Morgan fingerprint density at radius 3 is 2.83 bits per heavy atom. The molecule has 1 amide bonds. The number of aryl methyl sites for hydroxylation is 1. The van der Waals surface area contributed by atoms with Crippen LogP contribution in [0.3, 0.4) is 0 Å². The van der Waals surface area contributed by atoms with Gasteiger partial charge in [-0.2, -0.15) is 0 Å². The predicted octanol–water partition coefficient (Wildman–Crippen LogP) is 3.82. The van der Waals surface area contributed by atoms with Crippen molar-refractivity contribution in [1.29, 1.82) is 0 Å². The van der Waals surface area contributed by atoms with Gasteiger partial charge in [-0.25, -0.2) is 10.0 Å². The van der Waals surface area contributed by atoms with Crippen LogP contribution in [0.15, 0.2) is 57.5 Å². The maximum Gasteiger partial charge on any atom is 0.219 e. The predicted molar refractivity (Wildman–Crippen MR) is 124 cm³/mol. The van der Waals surface area contributed by atoms with Gasteiger partial charge in [0.05, 0.1) is 17.9 Å². The number of nitrogens with zero attached hydrogens (tertiary/aromatic N) is 4. The number of amides is 1. The van der Waals surface area contributed by atoms with Crippen LogP contribution in [-0.4, -0.2) is 60.1 Å². The van der Waals surface area contributed by atoms with E-state index in [-0.39, 0.29) is 5.91 Å². The molecule has 6 heteroatoms. The first-order valence-corrected chi connectivity index (χ1v) is 10.8. The molecule has 0 atom stereocenters. The fourth-order valence-electron chi connectivity index (χ4n) is 3.79. The molecule has 0 saturated heterocycles. The SMILES string of the molecule is C/C=C\C(CN1CC2=C(CN(C(C)=O)CC2)C(=Nc2cccc(C)c2)N1)=NCCC. The van der Waals surface area contributed by atoms with Crippen LogP contribution in [0.4, 0.5) is 5.69 Å². The molecular weight excluding hydrogens is 374 g/mol. The first-order chi connectivity index (χ1) is 14.5. The number of aliphatic imine (C=N–C) groups is 2. The highest BCUT2D eigenvalue weighted by atomic mass is 16.2. The number of hydrogen-bond donors (Lipinski definition) is 1. The van der Waals surface area contributed by atoms with Gasteiger partial charge in [-0.1, -0.05) is 25.1 Å². The number of carbonyl (C=O) groups excluding carboxylic acids is 1. The summed E-state index contributed by atoms with van der Waals surface area (Å²) < 4.78 is 0. The smallest absolute Gasteiger partial charge is 0.219 e. The molecule has 0 unspecified atom stereocenters. The normalized spacial score (nSPS) is 19.4. The van der Waals surface area contributed by atoms with Gasteiger partial charge in [-0.05, 0) is 56.0 Å². The number of carbonyl (C=O) groups is 1. The lowest BCUT2D eigenvalue weighted by Gasteiger charge is -2.38. The quantitative estimate of drug-likeness (QED) is 0.729. The number of rotatable bonds is 6. The largest absolute Gasteiger partial charge is 0.338 e. The van der Waals surface area contributed by atoms with E-state index in [1.807, 2.05) is 30.0 Å². The van der Waals surface area contributed by atoms with Gasteiger partial charge < -0.3 is 10.3 Å². The second kappa shape index (κ2) is 10.3. The molecule has 1 aromatic rings. The van der Waals surface area contributed by atoms with Crippen LogP contribution >= 0.6 is 0 Å². The zero-order valence-electron chi connectivity index (χ0n) is 18.6. The zero-order valence-corrected chi connectivity index (χ0v) is 18.6. The van der Waals surface area contributed by atoms with Crippen molar-refractivity contribution in [2.75, 3.05) is 32.7 Å². The highest BCUT2D eigenvalue weighted by Crippen LogP contribution is 2.25. The Hall–Kier alpha value is -2.73. The molecule has 160 valence electrons. The first-order valence-electron chi connectivity index (χ1n) is 10.8. The van der Waals surface area contributed by atoms with Crippen LogP contribution in [0.25, 0.3) is 0 Å². The second-order valence-corrected chi connectivity index (χ2v) is 7.91. The molecule has 0 aliphatic carbocycles. The van der Waals surface area contributed by atoms with Crippen molar-refractivity contribution in [3.05, 3.63) is 53.1 Å². The molecule has 0 bridgehead atoms. The fourth-order valence-corrected chi connectivity index (χ4v) is 3.79. The minimum Gasteiger partial charge on any atom is -0.338 e. The van der Waals surface area contributed by atoms with Crippen molar-refractivity contribution in [3.63, 3.8) is 0 Å². The highest BCUT2D eigenvalue weighted by Gasteiger charge is 2.30. The first kappa shape index (κ1) is 22.0.